The van der Waals surface area contributed by atoms with Crippen LogP contribution in [0.25, 0.3) is 0 Å². The number of methoxy groups -OCH3 is 1. The summed E-state index contributed by atoms with van der Waals surface area (Å²) < 4.78 is 51.2. The predicted octanol–water partition coefficient (Wildman–Crippen LogP) is 2.60. The molecule has 22 heavy (non-hydrogen) atoms. The number of hydrogen-bond acceptors (Lipinski definition) is 4. The average Bonchev–Trinajstić information content (AvgIpc) is 2.49. The highest BCUT2D eigenvalue weighted by Gasteiger charge is 2.45. The second-order valence-corrected chi connectivity index (χ2v) is 5.07. The van der Waals surface area contributed by atoms with E-state index in [2.05, 4.69) is 5.32 Å². The molecule has 1 aromatic carbocycles. The molecule has 0 radical (unpaired) electrons. The zero-order chi connectivity index (χ0) is 16.2. The van der Waals surface area contributed by atoms with Gasteiger partial charge in [0.2, 0.25) is 0 Å². The zero-order valence-electron chi connectivity index (χ0n) is 12.7. The average molecular weight is 318 g/mol. The lowest BCUT2D eigenvalue weighted by Crippen LogP contribution is -2.49. The van der Waals surface area contributed by atoms with Crippen molar-refractivity contribution >= 4 is 0 Å². The maximum Gasteiger partial charge on any atom is 0.408 e. The van der Waals surface area contributed by atoms with Crippen LogP contribution in [-0.2, 0) is 0 Å². The molecule has 7 heteroatoms. The summed E-state index contributed by atoms with van der Waals surface area (Å²) in [4.78, 5) is 1.45. The SMILES string of the molecule is CCOc1ccc([C@@H](N2CCNCC2)C(F)(F)F)cc1OC. The van der Waals surface area contributed by atoms with Crippen molar-refractivity contribution in [2.45, 2.75) is 19.1 Å². The van der Waals surface area contributed by atoms with Crippen LogP contribution in [0.3, 0.4) is 0 Å². The molecular weight excluding hydrogens is 297 g/mol. The molecule has 1 aliphatic rings. The highest BCUT2D eigenvalue weighted by molar-refractivity contribution is 5.44. The molecule has 0 aromatic heterocycles. The number of rotatable bonds is 5. The van der Waals surface area contributed by atoms with Gasteiger partial charge in [-0.1, -0.05) is 6.07 Å². The Bertz CT molecular complexity index is 488. The molecular formula is C15H21F3N2O2. The van der Waals surface area contributed by atoms with Gasteiger partial charge in [-0.05, 0) is 24.6 Å². The maximum absolute atomic E-state index is 13.5. The molecule has 2 rings (SSSR count). The third-order valence-corrected chi connectivity index (χ3v) is 3.63. The first kappa shape index (κ1) is 16.9. The molecule has 0 bridgehead atoms. The van der Waals surface area contributed by atoms with Crippen molar-refractivity contribution in [3.8, 4) is 11.5 Å². The van der Waals surface area contributed by atoms with Crippen molar-refractivity contribution < 1.29 is 22.6 Å². The molecule has 0 amide bonds. The Morgan fingerprint density at radius 1 is 1.23 bits per heavy atom. The minimum atomic E-state index is -4.34. The van der Waals surface area contributed by atoms with Gasteiger partial charge in [-0.15, -0.1) is 0 Å². The number of hydrogen-bond donors (Lipinski definition) is 1. The molecule has 0 spiro atoms. The molecule has 1 fully saturated rings. The number of ether oxygens (including phenoxy) is 2. The number of halogens is 3. The normalized spacial score (nSPS) is 18.0. The first-order valence-corrected chi connectivity index (χ1v) is 7.29. The number of nitrogens with one attached hydrogen (secondary N) is 1. The fourth-order valence-corrected chi connectivity index (χ4v) is 2.68. The van der Waals surface area contributed by atoms with Crippen LogP contribution in [0.2, 0.25) is 0 Å². The number of benzene rings is 1. The molecule has 1 aromatic rings. The first-order valence-electron chi connectivity index (χ1n) is 7.29. The van der Waals surface area contributed by atoms with E-state index in [0.29, 0.717) is 44.3 Å². The summed E-state index contributed by atoms with van der Waals surface area (Å²) >= 11 is 0. The lowest BCUT2D eigenvalue weighted by molar-refractivity contribution is -0.187. The number of piperazine rings is 1. The van der Waals surface area contributed by atoms with Gasteiger partial charge in [-0.2, -0.15) is 13.2 Å². The van der Waals surface area contributed by atoms with Crippen molar-refractivity contribution in [2.24, 2.45) is 0 Å². The second-order valence-electron chi connectivity index (χ2n) is 5.07. The summed E-state index contributed by atoms with van der Waals surface area (Å²) in [5.74, 6) is 0.777. The van der Waals surface area contributed by atoms with Crippen LogP contribution >= 0.6 is 0 Å². The van der Waals surface area contributed by atoms with Crippen molar-refractivity contribution in [3.63, 3.8) is 0 Å². The standard InChI is InChI=1S/C15H21F3N2O2/c1-3-22-12-5-4-11(10-13(12)21-2)14(15(16,17)18)20-8-6-19-7-9-20/h4-5,10,14,19H,3,6-9H2,1-2H3/t14-/m1/s1. The summed E-state index contributed by atoms with van der Waals surface area (Å²) in [6.45, 7) is 4.07. The van der Waals surface area contributed by atoms with Crippen molar-refractivity contribution in [3.05, 3.63) is 23.8 Å². The minimum absolute atomic E-state index is 0.176. The van der Waals surface area contributed by atoms with E-state index in [9.17, 15) is 13.2 Å². The van der Waals surface area contributed by atoms with Crippen LogP contribution in [0, 0.1) is 0 Å². The highest BCUT2D eigenvalue weighted by atomic mass is 19.4. The smallest absolute Gasteiger partial charge is 0.408 e. The van der Waals surface area contributed by atoms with Gasteiger partial charge in [-0.3, -0.25) is 4.90 Å². The predicted molar refractivity (Wildman–Crippen MR) is 77.4 cm³/mol. The monoisotopic (exact) mass is 318 g/mol. The van der Waals surface area contributed by atoms with Gasteiger partial charge in [0.1, 0.15) is 6.04 Å². The van der Waals surface area contributed by atoms with E-state index in [1.807, 2.05) is 6.92 Å². The molecule has 4 nitrogen and oxygen atoms in total. The van der Waals surface area contributed by atoms with E-state index >= 15 is 0 Å². The summed E-state index contributed by atoms with van der Waals surface area (Å²) in [7, 11) is 1.43. The van der Waals surface area contributed by atoms with E-state index < -0.39 is 12.2 Å². The Hall–Kier alpha value is -1.47. The van der Waals surface area contributed by atoms with E-state index in [-0.39, 0.29) is 5.56 Å². The molecule has 0 saturated carbocycles. The van der Waals surface area contributed by atoms with E-state index in [0.717, 1.165) is 0 Å². The van der Waals surface area contributed by atoms with Crippen LogP contribution in [0.15, 0.2) is 18.2 Å². The van der Waals surface area contributed by atoms with Gasteiger partial charge in [0.15, 0.2) is 11.5 Å². The molecule has 1 aliphatic heterocycles. The van der Waals surface area contributed by atoms with E-state index in [1.54, 1.807) is 6.07 Å². The first-order chi connectivity index (χ1) is 10.5. The molecule has 124 valence electrons. The van der Waals surface area contributed by atoms with Crippen LogP contribution in [0.4, 0.5) is 13.2 Å². The quantitative estimate of drug-likeness (QED) is 0.905. The van der Waals surface area contributed by atoms with Gasteiger partial charge >= 0.3 is 6.18 Å². The van der Waals surface area contributed by atoms with E-state index in [4.69, 9.17) is 9.47 Å². The topological polar surface area (TPSA) is 33.7 Å². The number of alkyl halides is 3. The highest BCUT2D eigenvalue weighted by Crippen LogP contribution is 2.40. The molecule has 1 atom stereocenters. The van der Waals surface area contributed by atoms with Gasteiger partial charge < -0.3 is 14.8 Å². The third-order valence-electron chi connectivity index (χ3n) is 3.63. The molecule has 0 aliphatic carbocycles. The zero-order valence-corrected chi connectivity index (χ0v) is 12.7. The van der Waals surface area contributed by atoms with Gasteiger partial charge in [0.25, 0.3) is 0 Å². The fourth-order valence-electron chi connectivity index (χ4n) is 2.68. The Balaban J connectivity index is 2.34. The molecule has 0 unspecified atom stereocenters. The Labute approximate surface area is 128 Å². The molecule has 1 heterocycles. The van der Waals surface area contributed by atoms with Gasteiger partial charge in [0, 0.05) is 26.2 Å². The van der Waals surface area contributed by atoms with Crippen LogP contribution in [0.1, 0.15) is 18.5 Å². The van der Waals surface area contributed by atoms with Gasteiger partial charge in [-0.25, -0.2) is 0 Å². The maximum atomic E-state index is 13.5. The van der Waals surface area contributed by atoms with Crippen molar-refractivity contribution in [1.29, 1.82) is 0 Å². The second kappa shape index (κ2) is 7.19. The Morgan fingerprint density at radius 2 is 1.91 bits per heavy atom. The summed E-state index contributed by atoms with van der Waals surface area (Å²) in [5, 5.41) is 3.07. The van der Waals surface area contributed by atoms with Crippen LogP contribution in [-0.4, -0.2) is 51.0 Å². The lowest BCUT2D eigenvalue weighted by atomic mass is 10.0. The van der Waals surface area contributed by atoms with Crippen LogP contribution in [0.5, 0.6) is 11.5 Å². The van der Waals surface area contributed by atoms with E-state index in [1.165, 1.54) is 24.1 Å². The molecule has 1 saturated heterocycles. The van der Waals surface area contributed by atoms with Gasteiger partial charge in [0.05, 0.1) is 13.7 Å². The summed E-state index contributed by atoms with van der Waals surface area (Å²) in [6.07, 6.45) is -4.34. The largest absolute Gasteiger partial charge is 0.493 e. The summed E-state index contributed by atoms with van der Waals surface area (Å²) in [6, 6.07) is 2.80. The summed E-state index contributed by atoms with van der Waals surface area (Å²) in [5.41, 5.74) is 0.176. The van der Waals surface area contributed by atoms with Crippen molar-refractivity contribution in [1.82, 2.24) is 10.2 Å². The third kappa shape index (κ3) is 3.84. The Kier molecular flexibility index (Phi) is 5.52. The van der Waals surface area contributed by atoms with Crippen LogP contribution < -0.4 is 14.8 Å². The minimum Gasteiger partial charge on any atom is -0.493 e. The number of nitrogens with zero attached hydrogens (tertiary/aromatic N) is 1. The van der Waals surface area contributed by atoms with Crippen molar-refractivity contribution in [2.75, 3.05) is 39.9 Å². The molecule has 1 N–H and O–H groups in total. The Morgan fingerprint density at radius 3 is 2.45 bits per heavy atom. The lowest BCUT2D eigenvalue weighted by Gasteiger charge is -2.36. The fraction of sp³-hybridized carbons (Fsp3) is 0.600.